The summed E-state index contributed by atoms with van der Waals surface area (Å²) in [5.41, 5.74) is 2.50. The maximum atomic E-state index is 6.32. The van der Waals surface area contributed by atoms with Crippen molar-refractivity contribution in [3.63, 3.8) is 0 Å². The van der Waals surface area contributed by atoms with Gasteiger partial charge in [-0.25, -0.2) is 4.98 Å². The zero-order chi connectivity index (χ0) is 16.6. The summed E-state index contributed by atoms with van der Waals surface area (Å²) >= 11 is 0. The van der Waals surface area contributed by atoms with Gasteiger partial charge in [-0.15, -0.1) is 0 Å². The van der Waals surface area contributed by atoms with Gasteiger partial charge in [-0.2, -0.15) is 0 Å². The third-order valence-electron chi connectivity index (χ3n) is 5.46. The molecule has 1 aliphatic heterocycles. The summed E-state index contributed by atoms with van der Waals surface area (Å²) < 4.78 is 8.69. The van der Waals surface area contributed by atoms with Gasteiger partial charge in [0.2, 0.25) is 0 Å². The highest BCUT2D eigenvalue weighted by molar-refractivity contribution is 5.85. The van der Waals surface area contributed by atoms with E-state index in [4.69, 9.17) is 4.74 Å². The second-order valence-corrected chi connectivity index (χ2v) is 7.31. The van der Waals surface area contributed by atoms with E-state index in [-0.39, 0.29) is 0 Å². The minimum atomic E-state index is 0.310. The summed E-state index contributed by atoms with van der Waals surface area (Å²) in [4.78, 5) is 10.1. The molecule has 3 aromatic rings. The highest BCUT2D eigenvalue weighted by Gasteiger charge is 2.27. The first-order valence-electron chi connectivity index (χ1n) is 9.32. The third-order valence-corrected chi connectivity index (χ3v) is 5.46. The molecule has 1 saturated heterocycles. The average Bonchev–Trinajstić information content (AvgIpc) is 3.17. The fourth-order valence-corrected chi connectivity index (χ4v) is 3.89. The van der Waals surface area contributed by atoms with Crippen molar-refractivity contribution >= 4 is 10.9 Å². The van der Waals surface area contributed by atoms with Crippen LogP contribution in [0.25, 0.3) is 10.9 Å². The van der Waals surface area contributed by atoms with E-state index in [0.717, 1.165) is 43.7 Å². The van der Waals surface area contributed by atoms with Gasteiger partial charge in [-0.05, 0) is 43.9 Å². The Labute approximate surface area is 147 Å². The van der Waals surface area contributed by atoms with Crippen molar-refractivity contribution in [1.82, 2.24) is 19.4 Å². The average molecular weight is 336 g/mol. The van der Waals surface area contributed by atoms with Crippen molar-refractivity contribution < 1.29 is 4.74 Å². The molecule has 25 heavy (non-hydrogen) atoms. The number of rotatable bonds is 5. The smallest absolute Gasteiger partial charge is 0.129 e. The van der Waals surface area contributed by atoms with Gasteiger partial charge >= 0.3 is 0 Å². The maximum Gasteiger partial charge on any atom is 0.129 e. The van der Waals surface area contributed by atoms with Crippen LogP contribution < -0.4 is 4.74 Å². The van der Waals surface area contributed by atoms with E-state index in [0.29, 0.717) is 12.1 Å². The minimum absolute atomic E-state index is 0.310. The molecule has 5 nitrogen and oxygen atoms in total. The number of hydrogen-bond donors (Lipinski definition) is 1. The monoisotopic (exact) mass is 336 g/mol. The summed E-state index contributed by atoms with van der Waals surface area (Å²) in [5, 5.41) is 1.18. The number of imidazole rings is 1. The van der Waals surface area contributed by atoms with Gasteiger partial charge in [0.15, 0.2) is 0 Å². The first-order chi connectivity index (χ1) is 12.4. The second kappa shape index (κ2) is 6.23. The van der Waals surface area contributed by atoms with E-state index < -0.39 is 0 Å². The lowest BCUT2D eigenvalue weighted by molar-refractivity contribution is 0.0966. The van der Waals surface area contributed by atoms with Crippen molar-refractivity contribution in [3.05, 3.63) is 48.7 Å². The molecule has 0 spiro atoms. The molecule has 0 atom stereocenters. The molecule has 3 heterocycles. The molecule has 5 rings (SSSR count). The highest BCUT2D eigenvalue weighted by atomic mass is 16.5. The number of nitrogens with one attached hydrogen (secondary N) is 1. The lowest BCUT2D eigenvalue weighted by Crippen LogP contribution is -2.38. The van der Waals surface area contributed by atoms with Gasteiger partial charge in [0, 0.05) is 49.0 Å². The number of piperidine rings is 1. The maximum absolute atomic E-state index is 6.32. The molecular formula is C20H24N4O. The van der Waals surface area contributed by atoms with E-state index in [1.54, 1.807) is 0 Å². The van der Waals surface area contributed by atoms with E-state index >= 15 is 0 Å². The van der Waals surface area contributed by atoms with E-state index in [1.165, 1.54) is 23.9 Å². The summed E-state index contributed by atoms with van der Waals surface area (Å²) in [5.74, 6) is 1.00. The molecule has 2 fully saturated rings. The molecule has 1 saturated carbocycles. The van der Waals surface area contributed by atoms with Crippen LogP contribution >= 0.6 is 0 Å². The molecule has 1 aliphatic carbocycles. The SMILES string of the molecule is c1cc(OC2CCN(Cc3cncn3C3CC3)CC2)c2cc[nH]c2c1. The van der Waals surface area contributed by atoms with Crippen molar-refractivity contribution in [2.75, 3.05) is 13.1 Å². The molecule has 0 amide bonds. The van der Waals surface area contributed by atoms with E-state index in [9.17, 15) is 0 Å². The van der Waals surface area contributed by atoms with E-state index in [1.807, 2.05) is 18.7 Å². The number of likely N-dealkylation sites (tertiary alicyclic amines) is 1. The molecule has 5 heteroatoms. The van der Waals surface area contributed by atoms with Crippen LogP contribution in [0.5, 0.6) is 5.75 Å². The van der Waals surface area contributed by atoms with Crippen LogP contribution in [-0.2, 0) is 6.54 Å². The lowest BCUT2D eigenvalue weighted by atomic mass is 10.1. The predicted molar refractivity (Wildman–Crippen MR) is 97.7 cm³/mol. The number of ether oxygens (including phenoxy) is 1. The zero-order valence-corrected chi connectivity index (χ0v) is 14.4. The second-order valence-electron chi connectivity index (χ2n) is 7.31. The number of nitrogens with zero attached hydrogens (tertiary/aromatic N) is 3. The van der Waals surface area contributed by atoms with Crippen molar-refractivity contribution in [2.45, 2.75) is 44.4 Å². The van der Waals surface area contributed by atoms with Crippen LogP contribution in [0.4, 0.5) is 0 Å². The zero-order valence-electron chi connectivity index (χ0n) is 14.4. The van der Waals surface area contributed by atoms with Crippen molar-refractivity contribution in [2.24, 2.45) is 0 Å². The Hall–Kier alpha value is -2.27. The Morgan fingerprint density at radius 1 is 1.12 bits per heavy atom. The predicted octanol–water partition coefficient (Wildman–Crippen LogP) is 3.74. The summed E-state index contributed by atoms with van der Waals surface area (Å²) in [6.07, 6.45) is 11.1. The van der Waals surface area contributed by atoms with Gasteiger partial charge in [0.05, 0.1) is 12.0 Å². The van der Waals surface area contributed by atoms with Gasteiger partial charge in [0.1, 0.15) is 11.9 Å². The topological polar surface area (TPSA) is 46.1 Å². The van der Waals surface area contributed by atoms with Crippen molar-refractivity contribution in [3.8, 4) is 5.75 Å². The molecule has 1 aromatic carbocycles. The van der Waals surface area contributed by atoms with Gasteiger partial charge in [-0.1, -0.05) is 6.07 Å². The molecule has 0 radical (unpaired) electrons. The molecule has 2 aliphatic rings. The number of benzene rings is 1. The Morgan fingerprint density at radius 3 is 2.84 bits per heavy atom. The molecule has 2 aromatic heterocycles. The van der Waals surface area contributed by atoms with Crippen LogP contribution in [0.1, 0.15) is 37.4 Å². The number of fused-ring (bicyclic) bond motifs is 1. The summed E-state index contributed by atoms with van der Waals surface area (Å²) in [6.45, 7) is 3.18. The minimum Gasteiger partial charge on any atom is -0.490 e. The number of aromatic nitrogens is 3. The van der Waals surface area contributed by atoms with Gasteiger partial charge < -0.3 is 14.3 Å². The number of aromatic amines is 1. The Balaban J connectivity index is 1.20. The van der Waals surface area contributed by atoms with Gasteiger partial charge in [0.25, 0.3) is 0 Å². The molecule has 1 N–H and O–H groups in total. The molecule has 130 valence electrons. The highest BCUT2D eigenvalue weighted by Crippen LogP contribution is 2.36. The van der Waals surface area contributed by atoms with Crippen LogP contribution in [0.3, 0.4) is 0 Å². The number of hydrogen-bond acceptors (Lipinski definition) is 3. The van der Waals surface area contributed by atoms with Crippen LogP contribution in [0, 0.1) is 0 Å². The van der Waals surface area contributed by atoms with Crippen LogP contribution in [0.15, 0.2) is 43.0 Å². The first-order valence-corrected chi connectivity index (χ1v) is 9.32. The first kappa shape index (κ1) is 15.0. The summed E-state index contributed by atoms with van der Waals surface area (Å²) in [6, 6.07) is 9.03. The standard InChI is InChI=1S/C20H24N4O/c1-2-19-18(6-9-22-19)20(3-1)25-17-7-10-23(11-8-17)13-16-12-21-14-24(16)15-4-5-15/h1-3,6,9,12,14-15,17,22H,4-5,7-8,10-11,13H2. The van der Waals surface area contributed by atoms with Gasteiger partial charge in [-0.3, -0.25) is 4.90 Å². The largest absolute Gasteiger partial charge is 0.490 e. The molecule has 0 unspecified atom stereocenters. The third kappa shape index (κ3) is 3.04. The Bertz CT molecular complexity index is 855. The molecule has 0 bridgehead atoms. The Kier molecular flexibility index (Phi) is 3.74. The fraction of sp³-hybridized carbons (Fsp3) is 0.450. The van der Waals surface area contributed by atoms with Crippen molar-refractivity contribution in [1.29, 1.82) is 0 Å². The number of H-pyrrole nitrogens is 1. The quantitative estimate of drug-likeness (QED) is 0.772. The molecular weight excluding hydrogens is 312 g/mol. The van der Waals surface area contributed by atoms with E-state index in [2.05, 4.69) is 43.7 Å². The Morgan fingerprint density at radius 2 is 2.00 bits per heavy atom. The summed E-state index contributed by atoms with van der Waals surface area (Å²) in [7, 11) is 0. The fourth-order valence-electron chi connectivity index (χ4n) is 3.89. The lowest BCUT2D eigenvalue weighted by Gasteiger charge is -2.32. The van der Waals surface area contributed by atoms with Crippen LogP contribution in [0.2, 0.25) is 0 Å². The normalized spacial score (nSPS) is 19.5. The van der Waals surface area contributed by atoms with Crippen LogP contribution in [-0.4, -0.2) is 38.6 Å².